The number of carbonyl (C=O) groups is 1. The normalized spacial score (nSPS) is 11.5. The van der Waals surface area contributed by atoms with Crippen molar-refractivity contribution in [3.05, 3.63) is 181 Å². The van der Waals surface area contributed by atoms with Gasteiger partial charge >= 0.3 is 0 Å². The number of benzene rings is 4. The predicted octanol–water partition coefficient (Wildman–Crippen LogP) is 10.3. The molecule has 0 bridgehead atoms. The summed E-state index contributed by atoms with van der Waals surface area (Å²) < 4.78 is 28.1. The number of amides is 1. The van der Waals surface area contributed by atoms with E-state index < -0.39 is 17.4 Å². The first kappa shape index (κ1) is 35.7. The summed E-state index contributed by atoms with van der Waals surface area (Å²) in [5, 5.41) is 1.42. The molecule has 254 valence electrons. The standard InChI is InChI=1S/C20H11Cl2FN2O.C19H13Cl2FN2O/c21-14-3-1-4-15(22)18(14)19-17-6-2-5-16(25(17)11-24-20(19)26)12-7-9-13(23)10-8-12;20-13-3-1-4-14(21)17(13)18(19(23)25)16-6-2-5-15(24-16)11-7-9-12(22)10-8-11/h1-11H;1-10,18H,(H2,23,25). The Morgan fingerprint density at radius 2 is 1.18 bits per heavy atom. The van der Waals surface area contributed by atoms with Crippen LogP contribution in [0.15, 0.2) is 132 Å². The first-order valence-corrected chi connectivity index (χ1v) is 16.7. The third-order valence-electron chi connectivity index (χ3n) is 7.92. The average Bonchev–Trinajstić information content (AvgIpc) is 3.11. The molecular weight excluding hydrogens is 736 g/mol. The molecule has 3 heterocycles. The fourth-order valence-corrected chi connectivity index (χ4v) is 6.78. The summed E-state index contributed by atoms with van der Waals surface area (Å²) in [7, 11) is 0. The zero-order valence-corrected chi connectivity index (χ0v) is 29.2. The summed E-state index contributed by atoms with van der Waals surface area (Å²) in [6, 6.07) is 32.8. The molecule has 6 nitrogen and oxygen atoms in total. The van der Waals surface area contributed by atoms with Crippen molar-refractivity contribution in [2.45, 2.75) is 5.92 Å². The van der Waals surface area contributed by atoms with Crippen LogP contribution in [0.1, 0.15) is 17.2 Å². The van der Waals surface area contributed by atoms with Gasteiger partial charge in [-0.3, -0.25) is 19.0 Å². The number of nitrogens with zero attached hydrogens (tertiary/aromatic N) is 3. The van der Waals surface area contributed by atoms with E-state index >= 15 is 0 Å². The van der Waals surface area contributed by atoms with Crippen LogP contribution in [0, 0.1) is 11.6 Å². The Morgan fingerprint density at radius 1 is 0.647 bits per heavy atom. The lowest BCUT2D eigenvalue weighted by molar-refractivity contribution is -0.118. The zero-order valence-electron chi connectivity index (χ0n) is 26.2. The van der Waals surface area contributed by atoms with E-state index in [1.54, 1.807) is 89.3 Å². The number of primary amides is 1. The molecule has 1 unspecified atom stereocenters. The Bertz CT molecular complexity index is 2420. The van der Waals surface area contributed by atoms with Gasteiger partial charge < -0.3 is 5.73 Å². The third kappa shape index (κ3) is 7.65. The van der Waals surface area contributed by atoms with Crippen LogP contribution in [0.2, 0.25) is 20.1 Å². The minimum atomic E-state index is -0.887. The van der Waals surface area contributed by atoms with Gasteiger partial charge in [-0.15, -0.1) is 0 Å². The van der Waals surface area contributed by atoms with E-state index in [4.69, 9.17) is 52.1 Å². The third-order valence-corrected chi connectivity index (χ3v) is 9.21. The first-order chi connectivity index (χ1) is 24.5. The number of pyridine rings is 2. The van der Waals surface area contributed by atoms with Crippen LogP contribution in [0.5, 0.6) is 0 Å². The quantitative estimate of drug-likeness (QED) is 0.183. The van der Waals surface area contributed by atoms with Crippen LogP contribution >= 0.6 is 46.4 Å². The van der Waals surface area contributed by atoms with Gasteiger partial charge in [0.05, 0.1) is 38.2 Å². The van der Waals surface area contributed by atoms with Crippen LogP contribution in [0.4, 0.5) is 8.78 Å². The highest BCUT2D eigenvalue weighted by Gasteiger charge is 2.27. The Hall–Kier alpha value is -5.12. The predicted molar refractivity (Wildman–Crippen MR) is 199 cm³/mol. The van der Waals surface area contributed by atoms with Crippen molar-refractivity contribution < 1.29 is 13.6 Å². The highest BCUT2D eigenvalue weighted by Crippen LogP contribution is 2.37. The van der Waals surface area contributed by atoms with Gasteiger partial charge in [-0.25, -0.2) is 8.78 Å². The largest absolute Gasteiger partial charge is 0.369 e. The van der Waals surface area contributed by atoms with E-state index in [9.17, 15) is 18.4 Å². The maximum atomic E-state index is 13.3. The average molecular weight is 760 g/mol. The Morgan fingerprint density at radius 3 is 1.76 bits per heavy atom. The lowest BCUT2D eigenvalue weighted by Crippen LogP contribution is -2.24. The van der Waals surface area contributed by atoms with E-state index in [2.05, 4.69) is 9.97 Å². The molecule has 1 atom stereocenters. The maximum absolute atomic E-state index is 13.3. The summed E-state index contributed by atoms with van der Waals surface area (Å²) in [5.74, 6) is -2.15. The second-order valence-electron chi connectivity index (χ2n) is 11.1. The van der Waals surface area contributed by atoms with Crippen molar-refractivity contribution in [2.75, 3.05) is 0 Å². The molecule has 7 rings (SSSR count). The molecule has 0 saturated carbocycles. The molecule has 0 spiro atoms. The number of halogens is 6. The lowest BCUT2D eigenvalue weighted by Gasteiger charge is -2.17. The van der Waals surface area contributed by atoms with Crippen LogP contribution in [-0.2, 0) is 4.79 Å². The second kappa shape index (κ2) is 15.4. The number of carbonyl (C=O) groups excluding carboxylic acids is 1. The first-order valence-electron chi connectivity index (χ1n) is 15.2. The fraction of sp³-hybridized carbons (Fsp3) is 0.0256. The molecule has 0 aliphatic rings. The minimum absolute atomic E-state index is 0.317. The minimum Gasteiger partial charge on any atom is -0.369 e. The van der Waals surface area contributed by atoms with E-state index in [1.165, 1.54) is 30.6 Å². The SMILES string of the molecule is NC(=O)C(c1cccc(-c2ccc(F)cc2)n1)c1c(Cl)cccc1Cl.O=c1ncn2c(-c3ccc(F)cc3)cccc2c1-c1c(Cl)cccc1Cl. The van der Waals surface area contributed by atoms with Crippen molar-refractivity contribution in [3.8, 4) is 33.6 Å². The van der Waals surface area contributed by atoms with Crippen molar-refractivity contribution in [1.82, 2.24) is 14.4 Å². The Labute approximate surface area is 310 Å². The second-order valence-corrected chi connectivity index (χ2v) is 12.7. The fourth-order valence-electron chi connectivity index (χ4n) is 5.58. The highest BCUT2D eigenvalue weighted by atomic mass is 35.5. The molecule has 3 aromatic heterocycles. The van der Waals surface area contributed by atoms with E-state index in [-0.39, 0.29) is 11.6 Å². The van der Waals surface area contributed by atoms with Gasteiger partial charge in [-0.05, 0) is 103 Å². The number of aromatic nitrogens is 3. The number of rotatable bonds is 6. The summed E-state index contributed by atoms with van der Waals surface area (Å²) >= 11 is 25.1. The molecule has 0 saturated heterocycles. The van der Waals surface area contributed by atoms with Gasteiger partial charge in [-0.2, -0.15) is 4.98 Å². The van der Waals surface area contributed by atoms with E-state index in [1.807, 2.05) is 12.1 Å². The van der Waals surface area contributed by atoms with Gasteiger partial charge in [0, 0.05) is 26.7 Å². The summed E-state index contributed by atoms with van der Waals surface area (Å²) in [6.45, 7) is 0. The van der Waals surface area contributed by atoms with E-state index in [0.29, 0.717) is 53.7 Å². The van der Waals surface area contributed by atoms with E-state index in [0.717, 1.165) is 16.8 Å². The molecule has 12 heteroatoms. The summed E-state index contributed by atoms with van der Waals surface area (Å²) in [5.41, 5.74) is 10.3. The molecule has 7 aromatic rings. The van der Waals surface area contributed by atoms with Crippen LogP contribution < -0.4 is 11.3 Å². The summed E-state index contributed by atoms with van der Waals surface area (Å²) in [4.78, 5) is 33.1. The topological polar surface area (TPSA) is 90.4 Å². The smallest absolute Gasteiger partial charge is 0.281 e. The van der Waals surface area contributed by atoms with Crippen molar-refractivity contribution in [2.24, 2.45) is 5.73 Å². The molecule has 51 heavy (non-hydrogen) atoms. The van der Waals surface area contributed by atoms with Crippen molar-refractivity contribution in [3.63, 3.8) is 0 Å². The van der Waals surface area contributed by atoms with Gasteiger partial charge in [0.1, 0.15) is 23.9 Å². The molecular formula is C39H24Cl4F2N4O2. The van der Waals surface area contributed by atoms with Crippen molar-refractivity contribution >= 4 is 57.8 Å². The van der Waals surface area contributed by atoms with Gasteiger partial charge in [0.2, 0.25) is 5.91 Å². The van der Waals surface area contributed by atoms with Gasteiger partial charge in [-0.1, -0.05) is 70.7 Å². The molecule has 2 N–H and O–H groups in total. The highest BCUT2D eigenvalue weighted by molar-refractivity contribution is 6.39. The molecule has 1 amide bonds. The number of hydrogen-bond donors (Lipinski definition) is 1. The number of nitrogens with two attached hydrogens (primary N) is 1. The Balaban J connectivity index is 0.000000176. The summed E-state index contributed by atoms with van der Waals surface area (Å²) in [6.07, 6.45) is 1.45. The zero-order chi connectivity index (χ0) is 36.2. The molecule has 4 aromatic carbocycles. The van der Waals surface area contributed by atoms with Crippen LogP contribution in [0.25, 0.3) is 39.2 Å². The van der Waals surface area contributed by atoms with Crippen LogP contribution in [0.3, 0.4) is 0 Å². The monoisotopic (exact) mass is 758 g/mol. The molecule has 0 aliphatic heterocycles. The maximum Gasteiger partial charge on any atom is 0.281 e. The van der Waals surface area contributed by atoms with Gasteiger partial charge in [0.15, 0.2) is 0 Å². The van der Waals surface area contributed by atoms with Crippen molar-refractivity contribution in [1.29, 1.82) is 0 Å². The van der Waals surface area contributed by atoms with Crippen LogP contribution in [-0.4, -0.2) is 20.3 Å². The number of hydrogen-bond acceptors (Lipinski definition) is 4. The van der Waals surface area contributed by atoms with Gasteiger partial charge in [0.25, 0.3) is 5.56 Å². The molecule has 0 aliphatic carbocycles. The number of fused-ring (bicyclic) bond motifs is 1. The lowest BCUT2D eigenvalue weighted by atomic mass is 9.94. The Kier molecular flexibility index (Phi) is 10.8. The molecule has 0 radical (unpaired) electrons. The molecule has 0 fully saturated rings.